The molecule has 2 aromatic heterocycles. The van der Waals surface area contributed by atoms with E-state index in [1.165, 1.54) is 11.3 Å². The minimum absolute atomic E-state index is 0.0261. The third-order valence-electron chi connectivity index (χ3n) is 3.55. The fourth-order valence-electron chi connectivity index (χ4n) is 2.55. The minimum Gasteiger partial charge on any atom is -0.315 e. The van der Waals surface area contributed by atoms with E-state index in [1.54, 1.807) is 4.68 Å². The third kappa shape index (κ3) is 2.59. The van der Waals surface area contributed by atoms with Crippen LogP contribution in [-0.4, -0.2) is 33.8 Å². The van der Waals surface area contributed by atoms with E-state index in [0.29, 0.717) is 11.7 Å². The zero-order chi connectivity index (χ0) is 14.1. The van der Waals surface area contributed by atoms with Crippen LogP contribution in [0.15, 0.2) is 17.8 Å². The molecule has 1 amide bonds. The van der Waals surface area contributed by atoms with Gasteiger partial charge in [0.25, 0.3) is 0 Å². The van der Waals surface area contributed by atoms with E-state index in [-0.39, 0.29) is 17.7 Å². The summed E-state index contributed by atoms with van der Waals surface area (Å²) in [6.45, 7) is 3.41. The van der Waals surface area contributed by atoms with E-state index in [9.17, 15) is 4.79 Å². The normalized spacial score (nSPS) is 22.1. The van der Waals surface area contributed by atoms with Crippen LogP contribution in [0, 0.1) is 12.8 Å². The summed E-state index contributed by atoms with van der Waals surface area (Å²) in [5, 5.41) is 13.0. The summed E-state index contributed by atoms with van der Waals surface area (Å²) in [7, 11) is 1.89. The van der Waals surface area contributed by atoms with E-state index < -0.39 is 0 Å². The molecule has 3 rings (SSSR count). The first-order valence-electron chi connectivity index (χ1n) is 6.56. The highest BCUT2D eigenvalue weighted by Gasteiger charge is 2.34. The standard InChI is InChI=1S/C13H17N5OS/c1-8-7-20-13(16-8)17-12(19)11-5-14-4-10(11)9-3-15-18(2)6-9/h3,6-7,10-11,14H,4-5H2,1-2H3,(H,16,17,19)/t10-,11+/m1/s1. The van der Waals surface area contributed by atoms with E-state index in [2.05, 4.69) is 20.7 Å². The lowest BCUT2D eigenvalue weighted by Gasteiger charge is -2.15. The highest BCUT2D eigenvalue weighted by molar-refractivity contribution is 7.13. The molecule has 0 spiro atoms. The zero-order valence-electron chi connectivity index (χ0n) is 11.5. The SMILES string of the molecule is Cc1csc(NC(=O)[C@H]2CNC[C@@H]2c2cnn(C)c2)n1. The molecule has 3 heterocycles. The van der Waals surface area contributed by atoms with Gasteiger partial charge in [-0.05, 0) is 12.5 Å². The molecule has 2 N–H and O–H groups in total. The molecule has 1 aliphatic heterocycles. The summed E-state index contributed by atoms with van der Waals surface area (Å²) in [5.41, 5.74) is 2.03. The summed E-state index contributed by atoms with van der Waals surface area (Å²) in [4.78, 5) is 16.7. The molecule has 20 heavy (non-hydrogen) atoms. The molecule has 1 fully saturated rings. The van der Waals surface area contributed by atoms with Crippen LogP contribution in [0.5, 0.6) is 0 Å². The number of carbonyl (C=O) groups excluding carboxylic acids is 1. The molecule has 6 nitrogen and oxygen atoms in total. The summed E-state index contributed by atoms with van der Waals surface area (Å²) < 4.78 is 1.77. The Morgan fingerprint density at radius 2 is 2.40 bits per heavy atom. The lowest BCUT2D eigenvalue weighted by Crippen LogP contribution is -2.28. The number of aryl methyl sites for hydroxylation is 2. The largest absolute Gasteiger partial charge is 0.315 e. The Morgan fingerprint density at radius 1 is 1.55 bits per heavy atom. The molecule has 0 aliphatic carbocycles. The Bertz CT molecular complexity index is 620. The molecule has 2 aromatic rings. The van der Waals surface area contributed by atoms with Crippen molar-refractivity contribution in [1.82, 2.24) is 20.1 Å². The van der Waals surface area contributed by atoms with Crippen LogP contribution >= 0.6 is 11.3 Å². The maximum absolute atomic E-state index is 12.4. The monoisotopic (exact) mass is 291 g/mol. The molecule has 0 unspecified atom stereocenters. The van der Waals surface area contributed by atoms with Gasteiger partial charge in [-0.25, -0.2) is 4.98 Å². The molecule has 1 saturated heterocycles. The van der Waals surface area contributed by atoms with Gasteiger partial charge in [-0.2, -0.15) is 5.10 Å². The van der Waals surface area contributed by atoms with E-state index >= 15 is 0 Å². The van der Waals surface area contributed by atoms with Gasteiger partial charge in [0.15, 0.2) is 5.13 Å². The Hall–Kier alpha value is -1.73. The Labute approximate surface area is 121 Å². The fraction of sp³-hybridized carbons (Fsp3) is 0.462. The Kier molecular flexibility index (Phi) is 3.54. The number of rotatable bonds is 3. The van der Waals surface area contributed by atoms with Crippen LogP contribution in [0.2, 0.25) is 0 Å². The highest BCUT2D eigenvalue weighted by Crippen LogP contribution is 2.29. The van der Waals surface area contributed by atoms with Gasteiger partial charge in [0.05, 0.1) is 17.8 Å². The summed E-state index contributed by atoms with van der Waals surface area (Å²) in [6, 6.07) is 0. The van der Waals surface area contributed by atoms with Crippen molar-refractivity contribution in [3.8, 4) is 0 Å². The maximum atomic E-state index is 12.4. The number of aromatic nitrogens is 3. The molecule has 0 saturated carbocycles. The number of thiazole rings is 1. The van der Waals surface area contributed by atoms with Crippen LogP contribution in [-0.2, 0) is 11.8 Å². The molecular weight excluding hydrogens is 274 g/mol. The predicted octanol–water partition coefficient (Wildman–Crippen LogP) is 1.13. The predicted molar refractivity (Wildman–Crippen MR) is 77.8 cm³/mol. The topological polar surface area (TPSA) is 71.8 Å². The second kappa shape index (κ2) is 5.34. The number of anilines is 1. The average molecular weight is 291 g/mol. The number of carbonyl (C=O) groups is 1. The van der Waals surface area contributed by atoms with Crippen molar-refractivity contribution in [3.05, 3.63) is 29.0 Å². The van der Waals surface area contributed by atoms with Crippen molar-refractivity contribution >= 4 is 22.4 Å². The molecule has 0 aromatic carbocycles. The van der Waals surface area contributed by atoms with Crippen molar-refractivity contribution in [2.75, 3.05) is 18.4 Å². The zero-order valence-corrected chi connectivity index (χ0v) is 12.3. The van der Waals surface area contributed by atoms with E-state index in [0.717, 1.165) is 17.8 Å². The van der Waals surface area contributed by atoms with Gasteiger partial charge >= 0.3 is 0 Å². The number of nitrogens with one attached hydrogen (secondary N) is 2. The first-order chi connectivity index (χ1) is 9.63. The fourth-order valence-corrected chi connectivity index (χ4v) is 3.24. The van der Waals surface area contributed by atoms with Crippen molar-refractivity contribution in [2.24, 2.45) is 13.0 Å². The summed E-state index contributed by atoms with van der Waals surface area (Å²) in [5.74, 6) is 0.117. The average Bonchev–Trinajstić information content (AvgIpc) is 3.09. The molecular formula is C13H17N5OS. The maximum Gasteiger partial charge on any atom is 0.231 e. The first kappa shape index (κ1) is 13.3. The highest BCUT2D eigenvalue weighted by atomic mass is 32.1. The lowest BCUT2D eigenvalue weighted by atomic mass is 9.90. The van der Waals surface area contributed by atoms with Crippen molar-refractivity contribution < 1.29 is 4.79 Å². The van der Waals surface area contributed by atoms with Crippen LogP contribution in [0.1, 0.15) is 17.2 Å². The van der Waals surface area contributed by atoms with Gasteiger partial charge in [-0.15, -0.1) is 11.3 Å². The first-order valence-corrected chi connectivity index (χ1v) is 7.43. The summed E-state index contributed by atoms with van der Waals surface area (Å²) in [6.07, 6.45) is 3.82. The molecule has 0 radical (unpaired) electrons. The second-order valence-corrected chi connectivity index (χ2v) is 5.96. The van der Waals surface area contributed by atoms with Crippen LogP contribution in [0.3, 0.4) is 0 Å². The van der Waals surface area contributed by atoms with Crippen LogP contribution in [0.4, 0.5) is 5.13 Å². The number of nitrogens with zero attached hydrogens (tertiary/aromatic N) is 3. The second-order valence-electron chi connectivity index (χ2n) is 5.10. The number of hydrogen-bond acceptors (Lipinski definition) is 5. The smallest absolute Gasteiger partial charge is 0.231 e. The third-order valence-corrected chi connectivity index (χ3v) is 4.43. The van der Waals surface area contributed by atoms with Crippen molar-refractivity contribution in [1.29, 1.82) is 0 Å². The van der Waals surface area contributed by atoms with E-state index in [4.69, 9.17) is 0 Å². The van der Waals surface area contributed by atoms with E-state index in [1.807, 2.05) is 31.7 Å². The molecule has 0 bridgehead atoms. The Balaban J connectivity index is 1.73. The molecule has 106 valence electrons. The quantitative estimate of drug-likeness (QED) is 0.889. The molecule has 7 heteroatoms. The van der Waals surface area contributed by atoms with Gasteiger partial charge in [0.2, 0.25) is 5.91 Å². The van der Waals surface area contributed by atoms with Crippen LogP contribution in [0.25, 0.3) is 0 Å². The molecule has 1 aliphatic rings. The van der Waals surface area contributed by atoms with Gasteiger partial charge in [-0.3, -0.25) is 9.48 Å². The van der Waals surface area contributed by atoms with Crippen molar-refractivity contribution in [3.63, 3.8) is 0 Å². The van der Waals surface area contributed by atoms with Crippen LogP contribution < -0.4 is 10.6 Å². The molecule has 2 atom stereocenters. The van der Waals surface area contributed by atoms with Gasteiger partial charge in [0.1, 0.15) is 0 Å². The van der Waals surface area contributed by atoms with Gasteiger partial charge in [-0.1, -0.05) is 0 Å². The Morgan fingerprint density at radius 3 is 3.05 bits per heavy atom. The lowest BCUT2D eigenvalue weighted by molar-refractivity contribution is -0.119. The van der Waals surface area contributed by atoms with Gasteiger partial charge < -0.3 is 10.6 Å². The number of hydrogen-bond donors (Lipinski definition) is 2. The van der Waals surface area contributed by atoms with Gasteiger partial charge in [0, 0.05) is 37.6 Å². The van der Waals surface area contributed by atoms with Crippen molar-refractivity contribution in [2.45, 2.75) is 12.8 Å². The number of amides is 1. The summed E-state index contributed by atoms with van der Waals surface area (Å²) >= 11 is 1.46. The minimum atomic E-state index is -0.0802.